The Hall–Kier alpha value is -4.10. The highest BCUT2D eigenvalue weighted by molar-refractivity contribution is 6.30. The van der Waals surface area contributed by atoms with E-state index in [4.69, 9.17) is 16.3 Å². The van der Waals surface area contributed by atoms with Gasteiger partial charge in [0.1, 0.15) is 23.2 Å². The van der Waals surface area contributed by atoms with Gasteiger partial charge in [0.15, 0.2) is 6.61 Å². The van der Waals surface area contributed by atoms with Crippen LogP contribution < -0.4 is 20.7 Å². The van der Waals surface area contributed by atoms with E-state index in [2.05, 4.69) is 25.9 Å². The average Bonchev–Trinajstić information content (AvgIpc) is 2.81. The second kappa shape index (κ2) is 10.7. The van der Waals surface area contributed by atoms with E-state index >= 15 is 0 Å². The Labute approximate surface area is 203 Å². The molecular formula is C26H24ClN5O2. The molecule has 0 aliphatic carbocycles. The van der Waals surface area contributed by atoms with Gasteiger partial charge in [0.2, 0.25) is 0 Å². The number of nitrogens with zero attached hydrogens (tertiary/aromatic N) is 2. The zero-order valence-electron chi connectivity index (χ0n) is 18.8. The lowest BCUT2D eigenvalue weighted by atomic mass is 10.2. The number of ether oxygens (including phenoxy) is 1. The molecular weight excluding hydrogens is 450 g/mol. The molecule has 0 aliphatic heterocycles. The molecule has 0 atom stereocenters. The third kappa shape index (κ3) is 6.70. The summed E-state index contributed by atoms with van der Waals surface area (Å²) in [5.74, 6) is 2.33. The normalized spacial score (nSPS) is 10.4. The first-order valence-corrected chi connectivity index (χ1v) is 11.1. The molecule has 1 aromatic heterocycles. The highest BCUT2D eigenvalue weighted by Gasteiger charge is 2.06. The SMILES string of the molecule is Cc1ccc(Nc2cc(Nc3ccc(NC(=O)COc4ccc(Cl)cc4)cc3)nc(C)n2)cc1. The molecule has 1 heterocycles. The highest BCUT2D eigenvalue weighted by Crippen LogP contribution is 2.22. The van der Waals surface area contributed by atoms with Crippen LogP contribution in [0.4, 0.5) is 28.7 Å². The van der Waals surface area contributed by atoms with Crippen molar-refractivity contribution in [1.82, 2.24) is 9.97 Å². The Kier molecular flexibility index (Phi) is 7.25. The van der Waals surface area contributed by atoms with Crippen molar-refractivity contribution in [3.63, 3.8) is 0 Å². The number of anilines is 5. The van der Waals surface area contributed by atoms with Crippen LogP contribution in [-0.4, -0.2) is 22.5 Å². The maximum atomic E-state index is 12.2. The number of halogens is 1. The second-order valence-electron chi connectivity index (χ2n) is 7.67. The van der Waals surface area contributed by atoms with Gasteiger partial charge in [-0.15, -0.1) is 0 Å². The number of rotatable bonds is 8. The molecule has 1 amide bonds. The number of hydrogen-bond donors (Lipinski definition) is 3. The maximum Gasteiger partial charge on any atom is 0.262 e. The number of carbonyl (C=O) groups is 1. The minimum Gasteiger partial charge on any atom is -0.484 e. The number of benzene rings is 3. The standard InChI is InChI=1S/C26H24ClN5O2/c1-17-3-7-20(8-4-17)30-24-15-25(29-18(2)28-24)31-21-9-11-22(12-10-21)32-26(33)16-34-23-13-5-19(27)6-14-23/h3-15H,16H2,1-2H3,(H,32,33)(H2,28,29,30,31). The Morgan fingerprint density at radius 1 is 0.794 bits per heavy atom. The quantitative estimate of drug-likeness (QED) is 0.280. The van der Waals surface area contributed by atoms with Crippen LogP contribution in [0.25, 0.3) is 0 Å². The summed E-state index contributed by atoms with van der Waals surface area (Å²) in [5, 5.41) is 9.99. The van der Waals surface area contributed by atoms with Gasteiger partial charge in [-0.25, -0.2) is 9.97 Å². The molecule has 0 radical (unpaired) electrons. The van der Waals surface area contributed by atoms with E-state index in [1.54, 1.807) is 24.3 Å². The van der Waals surface area contributed by atoms with E-state index < -0.39 is 0 Å². The summed E-state index contributed by atoms with van der Waals surface area (Å²) in [6, 6.07) is 24.1. The first-order valence-electron chi connectivity index (χ1n) is 10.7. The van der Waals surface area contributed by atoms with Gasteiger partial charge in [0, 0.05) is 28.2 Å². The van der Waals surface area contributed by atoms with Crippen LogP contribution in [0.3, 0.4) is 0 Å². The number of nitrogens with one attached hydrogen (secondary N) is 3. The van der Waals surface area contributed by atoms with Gasteiger partial charge < -0.3 is 20.7 Å². The fourth-order valence-corrected chi connectivity index (χ4v) is 3.27. The average molecular weight is 474 g/mol. The molecule has 0 bridgehead atoms. The van der Waals surface area contributed by atoms with E-state index in [1.165, 1.54) is 5.56 Å². The second-order valence-corrected chi connectivity index (χ2v) is 8.11. The Morgan fingerprint density at radius 2 is 1.32 bits per heavy atom. The van der Waals surface area contributed by atoms with Gasteiger partial charge in [-0.2, -0.15) is 0 Å². The van der Waals surface area contributed by atoms with Gasteiger partial charge in [-0.1, -0.05) is 29.3 Å². The lowest BCUT2D eigenvalue weighted by molar-refractivity contribution is -0.118. The number of aromatic nitrogens is 2. The van der Waals surface area contributed by atoms with Crippen molar-refractivity contribution in [2.45, 2.75) is 13.8 Å². The van der Waals surface area contributed by atoms with Crippen LogP contribution in [0.5, 0.6) is 5.75 Å². The largest absolute Gasteiger partial charge is 0.484 e. The molecule has 4 aromatic rings. The molecule has 8 heteroatoms. The highest BCUT2D eigenvalue weighted by atomic mass is 35.5. The van der Waals surface area contributed by atoms with Crippen molar-refractivity contribution in [2.75, 3.05) is 22.6 Å². The molecule has 3 aromatic carbocycles. The van der Waals surface area contributed by atoms with Crippen LogP contribution in [0.2, 0.25) is 5.02 Å². The lowest BCUT2D eigenvalue weighted by Crippen LogP contribution is -2.20. The molecule has 4 rings (SSSR count). The molecule has 0 aliphatic rings. The zero-order valence-corrected chi connectivity index (χ0v) is 19.6. The van der Waals surface area contributed by atoms with E-state index in [0.717, 1.165) is 11.4 Å². The molecule has 0 saturated carbocycles. The predicted molar refractivity (Wildman–Crippen MR) is 137 cm³/mol. The molecule has 172 valence electrons. The summed E-state index contributed by atoms with van der Waals surface area (Å²) in [6.45, 7) is 3.79. The summed E-state index contributed by atoms with van der Waals surface area (Å²) in [7, 11) is 0. The third-order valence-electron chi connectivity index (χ3n) is 4.79. The van der Waals surface area contributed by atoms with Gasteiger partial charge >= 0.3 is 0 Å². The number of hydrogen-bond acceptors (Lipinski definition) is 6. The van der Waals surface area contributed by atoms with Crippen LogP contribution in [0, 0.1) is 13.8 Å². The van der Waals surface area contributed by atoms with Crippen molar-refractivity contribution >= 4 is 46.2 Å². The first kappa shape index (κ1) is 23.1. The monoisotopic (exact) mass is 473 g/mol. The van der Waals surface area contributed by atoms with Crippen LogP contribution in [-0.2, 0) is 4.79 Å². The smallest absolute Gasteiger partial charge is 0.262 e. The number of aryl methyl sites for hydroxylation is 2. The van der Waals surface area contributed by atoms with Crippen LogP contribution in [0.1, 0.15) is 11.4 Å². The van der Waals surface area contributed by atoms with Gasteiger partial charge in [-0.3, -0.25) is 4.79 Å². The summed E-state index contributed by atoms with van der Waals surface area (Å²) >= 11 is 5.85. The lowest BCUT2D eigenvalue weighted by Gasteiger charge is -2.11. The Bertz CT molecular complexity index is 1260. The van der Waals surface area contributed by atoms with Crippen molar-refractivity contribution in [3.8, 4) is 5.75 Å². The summed E-state index contributed by atoms with van der Waals surface area (Å²) in [6.07, 6.45) is 0. The first-order chi connectivity index (χ1) is 16.4. The maximum absolute atomic E-state index is 12.2. The molecule has 34 heavy (non-hydrogen) atoms. The van der Waals surface area contributed by atoms with Crippen molar-refractivity contribution in [2.24, 2.45) is 0 Å². The fourth-order valence-electron chi connectivity index (χ4n) is 3.14. The minimum atomic E-state index is -0.256. The van der Waals surface area contributed by atoms with Crippen molar-refractivity contribution in [3.05, 3.63) is 95.3 Å². The molecule has 0 unspecified atom stereocenters. The molecule has 3 N–H and O–H groups in total. The third-order valence-corrected chi connectivity index (χ3v) is 5.04. The Morgan fingerprint density at radius 3 is 1.91 bits per heavy atom. The van der Waals surface area contributed by atoms with Crippen molar-refractivity contribution in [1.29, 1.82) is 0 Å². The number of carbonyl (C=O) groups excluding carboxylic acids is 1. The number of amides is 1. The van der Waals surface area contributed by atoms with Gasteiger partial charge in [0.25, 0.3) is 5.91 Å². The van der Waals surface area contributed by atoms with Crippen molar-refractivity contribution < 1.29 is 9.53 Å². The molecule has 0 spiro atoms. The topological polar surface area (TPSA) is 88.2 Å². The van der Waals surface area contributed by atoms with E-state index in [0.29, 0.717) is 33.9 Å². The van der Waals surface area contributed by atoms with E-state index in [-0.39, 0.29) is 12.5 Å². The molecule has 7 nitrogen and oxygen atoms in total. The summed E-state index contributed by atoms with van der Waals surface area (Å²) in [4.78, 5) is 21.1. The predicted octanol–water partition coefficient (Wildman–Crippen LogP) is 6.25. The molecule has 0 saturated heterocycles. The van der Waals surface area contributed by atoms with Crippen LogP contribution >= 0.6 is 11.6 Å². The van der Waals surface area contributed by atoms with Crippen LogP contribution in [0.15, 0.2) is 78.9 Å². The van der Waals surface area contributed by atoms with E-state index in [9.17, 15) is 4.79 Å². The zero-order chi connectivity index (χ0) is 23.9. The fraction of sp³-hybridized carbons (Fsp3) is 0.115. The van der Waals surface area contributed by atoms with Gasteiger partial charge in [-0.05, 0) is 74.5 Å². The van der Waals surface area contributed by atoms with Gasteiger partial charge in [0.05, 0.1) is 0 Å². The Balaban J connectivity index is 1.33. The summed E-state index contributed by atoms with van der Waals surface area (Å²) < 4.78 is 5.47. The minimum absolute atomic E-state index is 0.0986. The van der Waals surface area contributed by atoms with E-state index in [1.807, 2.05) is 68.4 Å². The molecule has 0 fully saturated rings. The summed E-state index contributed by atoms with van der Waals surface area (Å²) in [5.41, 5.74) is 3.64.